The van der Waals surface area contributed by atoms with Gasteiger partial charge < -0.3 is 9.73 Å². The largest absolute Gasteiger partial charge is 0.465 e. The van der Waals surface area contributed by atoms with Crippen molar-refractivity contribution < 1.29 is 4.42 Å². The monoisotopic (exact) mass is 266 g/mol. The van der Waals surface area contributed by atoms with Crippen LogP contribution in [0.15, 0.2) is 53.2 Å². The second kappa shape index (κ2) is 5.52. The van der Waals surface area contributed by atoms with Gasteiger partial charge in [-0.2, -0.15) is 0 Å². The van der Waals surface area contributed by atoms with Crippen molar-refractivity contribution in [1.82, 2.24) is 15.0 Å². The first kappa shape index (κ1) is 12.3. The molecule has 5 heteroatoms. The van der Waals surface area contributed by atoms with Crippen molar-refractivity contribution in [3.63, 3.8) is 0 Å². The van der Waals surface area contributed by atoms with E-state index in [-0.39, 0.29) is 0 Å². The van der Waals surface area contributed by atoms with E-state index in [0.717, 1.165) is 22.9 Å². The van der Waals surface area contributed by atoms with Gasteiger partial charge in [-0.3, -0.25) is 4.98 Å². The van der Waals surface area contributed by atoms with Crippen LogP contribution in [-0.2, 0) is 6.54 Å². The first-order valence-electron chi connectivity index (χ1n) is 6.35. The molecule has 0 atom stereocenters. The van der Waals surface area contributed by atoms with E-state index in [1.54, 1.807) is 12.4 Å². The zero-order valence-corrected chi connectivity index (χ0v) is 11.1. The molecule has 0 unspecified atom stereocenters. The molecule has 3 aromatic rings. The molecule has 100 valence electrons. The number of aromatic nitrogens is 3. The van der Waals surface area contributed by atoms with E-state index >= 15 is 0 Å². The molecular formula is C15H14N4O. The number of pyridine rings is 1. The quantitative estimate of drug-likeness (QED) is 0.786. The molecule has 3 aromatic heterocycles. The molecule has 0 aliphatic rings. The van der Waals surface area contributed by atoms with Crippen molar-refractivity contribution in [2.24, 2.45) is 0 Å². The van der Waals surface area contributed by atoms with Crippen LogP contribution in [0.25, 0.3) is 11.4 Å². The summed E-state index contributed by atoms with van der Waals surface area (Å²) >= 11 is 0. The Morgan fingerprint density at radius 1 is 1.00 bits per heavy atom. The van der Waals surface area contributed by atoms with E-state index in [2.05, 4.69) is 20.3 Å². The second-order valence-corrected chi connectivity index (χ2v) is 4.35. The molecule has 0 aliphatic heterocycles. The third kappa shape index (κ3) is 2.83. The first-order chi connectivity index (χ1) is 9.81. The molecule has 20 heavy (non-hydrogen) atoms. The molecule has 3 heterocycles. The summed E-state index contributed by atoms with van der Waals surface area (Å²) in [6, 6.07) is 11.4. The fraction of sp³-hybridized carbons (Fsp3) is 0.133. The Kier molecular flexibility index (Phi) is 3.41. The summed E-state index contributed by atoms with van der Waals surface area (Å²) in [6.45, 7) is 2.47. The van der Waals surface area contributed by atoms with Gasteiger partial charge in [0.2, 0.25) is 5.95 Å². The van der Waals surface area contributed by atoms with Crippen LogP contribution < -0.4 is 5.32 Å². The Bertz CT molecular complexity index is 694. The summed E-state index contributed by atoms with van der Waals surface area (Å²) in [5.74, 6) is 2.31. The lowest BCUT2D eigenvalue weighted by Crippen LogP contribution is -2.03. The number of aryl methyl sites for hydroxylation is 1. The fourth-order valence-electron chi connectivity index (χ4n) is 1.85. The minimum absolute atomic E-state index is 0.555. The maximum atomic E-state index is 5.49. The highest BCUT2D eigenvalue weighted by Crippen LogP contribution is 2.15. The second-order valence-electron chi connectivity index (χ2n) is 4.35. The molecule has 0 fully saturated rings. The number of anilines is 1. The fourth-order valence-corrected chi connectivity index (χ4v) is 1.85. The van der Waals surface area contributed by atoms with Crippen molar-refractivity contribution in [3.8, 4) is 11.4 Å². The highest BCUT2D eigenvalue weighted by atomic mass is 16.3. The van der Waals surface area contributed by atoms with Crippen molar-refractivity contribution in [3.05, 3.63) is 60.3 Å². The van der Waals surface area contributed by atoms with Gasteiger partial charge in [-0.05, 0) is 37.3 Å². The molecule has 0 aromatic carbocycles. The third-order valence-corrected chi connectivity index (χ3v) is 2.80. The summed E-state index contributed by atoms with van der Waals surface area (Å²) in [5.41, 5.74) is 1.62. The molecule has 0 aliphatic carbocycles. The molecular weight excluding hydrogens is 252 g/mol. The van der Waals surface area contributed by atoms with E-state index in [1.807, 2.05) is 43.3 Å². The van der Waals surface area contributed by atoms with Crippen LogP contribution in [0.4, 0.5) is 5.95 Å². The van der Waals surface area contributed by atoms with Crippen molar-refractivity contribution in [2.45, 2.75) is 13.5 Å². The molecule has 0 saturated heterocycles. The van der Waals surface area contributed by atoms with Crippen LogP contribution in [0.2, 0.25) is 0 Å². The number of hydrogen-bond donors (Lipinski definition) is 1. The SMILES string of the molecule is Cc1ccc(CNc2nccc(-c3ccccn3)n2)o1. The minimum atomic E-state index is 0.555. The average molecular weight is 266 g/mol. The van der Waals surface area contributed by atoms with Crippen LogP contribution in [-0.4, -0.2) is 15.0 Å². The maximum absolute atomic E-state index is 5.49. The predicted molar refractivity (Wildman–Crippen MR) is 76.0 cm³/mol. The van der Waals surface area contributed by atoms with Gasteiger partial charge in [0, 0.05) is 12.4 Å². The van der Waals surface area contributed by atoms with E-state index in [4.69, 9.17) is 4.42 Å². The summed E-state index contributed by atoms with van der Waals surface area (Å²) in [6.07, 6.45) is 3.46. The summed E-state index contributed by atoms with van der Waals surface area (Å²) in [7, 11) is 0. The van der Waals surface area contributed by atoms with E-state index in [0.29, 0.717) is 12.5 Å². The average Bonchev–Trinajstić information content (AvgIpc) is 2.92. The van der Waals surface area contributed by atoms with Crippen LogP contribution in [0.5, 0.6) is 0 Å². The zero-order chi connectivity index (χ0) is 13.8. The van der Waals surface area contributed by atoms with Gasteiger partial charge in [-0.15, -0.1) is 0 Å². The van der Waals surface area contributed by atoms with Crippen LogP contribution in [0, 0.1) is 6.92 Å². The molecule has 0 bridgehead atoms. The lowest BCUT2D eigenvalue weighted by molar-refractivity contribution is 0.490. The highest BCUT2D eigenvalue weighted by Gasteiger charge is 2.04. The van der Waals surface area contributed by atoms with Crippen molar-refractivity contribution in [1.29, 1.82) is 0 Å². The first-order valence-corrected chi connectivity index (χ1v) is 6.35. The van der Waals surface area contributed by atoms with Crippen LogP contribution >= 0.6 is 0 Å². The number of nitrogens with zero attached hydrogens (tertiary/aromatic N) is 3. The van der Waals surface area contributed by atoms with Gasteiger partial charge in [0.05, 0.1) is 17.9 Å². The van der Waals surface area contributed by atoms with Crippen LogP contribution in [0.1, 0.15) is 11.5 Å². The highest BCUT2D eigenvalue weighted by molar-refractivity contribution is 5.54. The number of hydrogen-bond acceptors (Lipinski definition) is 5. The van der Waals surface area contributed by atoms with E-state index in [9.17, 15) is 0 Å². The van der Waals surface area contributed by atoms with Crippen molar-refractivity contribution in [2.75, 3.05) is 5.32 Å². The number of rotatable bonds is 4. The zero-order valence-electron chi connectivity index (χ0n) is 11.1. The molecule has 0 spiro atoms. The lowest BCUT2D eigenvalue weighted by Gasteiger charge is -2.04. The summed E-state index contributed by atoms with van der Waals surface area (Å²) in [4.78, 5) is 12.9. The number of furan rings is 1. The number of nitrogens with one attached hydrogen (secondary N) is 1. The Morgan fingerprint density at radius 2 is 1.95 bits per heavy atom. The van der Waals surface area contributed by atoms with Gasteiger partial charge >= 0.3 is 0 Å². The van der Waals surface area contributed by atoms with Gasteiger partial charge in [0.15, 0.2) is 0 Å². The smallest absolute Gasteiger partial charge is 0.223 e. The normalized spacial score (nSPS) is 10.4. The van der Waals surface area contributed by atoms with Gasteiger partial charge in [0.25, 0.3) is 0 Å². The molecule has 3 rings (SSSR count). The Balaban J connectivity index is 1.75. The van der Waals surface area contributed by atoms with E-state index in [1.165, 1.54) is 0 Å². The molecule has 0 saturated carbocycles. The van der Waals surface area contributed by atoms with Gasteiger partial charge in [-0.1, -0.05) is 6.07 Å². The lowest BCUT2D eigenvalue weighted by atomic mass is 10.3. The Labute approximate surface area is 116 Å². The Morgan fingerprint density at radius 3 is 2.70 bits per heavy atom. The molecule has 5 nitrogen and oxygen atoms in total. The van der Waals surface area contributed by atoms with Gasteiger partial charge in [-0.25, -0.2) is 9.97 Å². The van der Waals surface area contributed by atoms with Gasteiger partial charge in [0.1, 0.15) is 11.5 Å². The molecule has 0 radical (unpaired) electrons. The van der Waals surface area contributed by atoms with Crippen molar-refractivity contribution >= 4 is 5.95 Å². The summed E-state index contributed by atoms with van der Waals surface area (Å²) in [5, 5.41) is 3.14. The standard InChI is InChI=1S/C15H14N4O/c1-11-5-6-12(20-11)10-18-15-17-9-7-14(19-15)13-4-2-3-8-16-13/h2-9H,10H2,1H3,(H,17,18,19). The molecule has 1 N–H and O–H groups in total. The van der Waals surface area contributed by atoms with E-state index < -0.39 is 0 Å². The van der Waals surface area contributed by atoms with Crippen LogP contribution in [0.3, 0.4) is 0 Å². The minimum Gasteiger partial charge on any atom is -0.465 e. The predicted octanol–water partition coefficient (Wildman–Crippen LogP) is 3.05. The maximum Gasteiger partial charge on any atom is 0.223 e. The Hall–Kier alpha value is -2.69. The molecule has 0 amide bonds. The summed E-state index contributed by atoms with van der Waals surface area (Å²) < 4.78 is 5.49. The third-order valence-electron chi connectivity index (χ3n) is 2.80. The topological polar surface area (TPSA) is 63.8 Å².